The van der Waals surface area contributed by atoms with Crippen molar-refractivity contribution in [2.24, 2.45) is 4.99 Å². The summed E-state index contributed by atoms with van der Waals surface area (Å²) in [6, 6.07) is 10.3. The Kier molecular flexibility index (Phi) is 7.43. The van der Waals surface area contributed by atoms with Gasteiger partial charge in [0.05, 0.1) is 6.61 Å². The Balaban J connectivity index is 2.97. The van der Waals surface area contributed by atoms with Gasteiger partial charge in [-0.15, -0.1) is 0 Å². The predicted octanol–water partition coefficient (Wildman–Crippen LogP) is 3.14. The van der Waals surface area contributed by atoms with Crippen LogP contribution < -0.4 is 5.32 Å². The van der Waals surface area contributed by atoms with Gasteiger partial charge in [0.25, 0.3) is 0 Å². The molecule has 0 heterocycles. The van der Waals surface area contributed by atoms with E-state index in [1.54, 1.807) is 6.92 Å². The van der Waals surface area contributed by atoms with E-state index in [2.05, 4.69) is 42.9 Å². The van der Waals surface area contributed by atoms with Crippen molar-refractivity contribution < 1.29 is 9.53 Å². The first kappa shape index (κ1) is 18.0. The minimum atomic E-state index is -0.317. The molecule has 22 heavy (non-hydrogen) atoms. The van der Waals surface area contributed by atoms with E-state index in [9.17, 15) is 4.79 Å². The van der Waals surface area contributed by atoms with Gasteiger partial charge in [0, 0.05) is 17.8 Å². The maximum Gasteiger partial charge on any atom is 0.327 e. The lowest BCUT2D eigenvalue weighted by Gasteiger charge is -2.34. The number of aliphatic imine (C=N–C) groups is 1. The van der Waals surface area contributed by atoms with Crippen LogP contribution in [0.3, 0.4) is 0 Å². The number of hydrogen-bond acceptors (Lipinski definition) is 3. The van der Waals surface area contributed by atoms with Gasteiger partial charge in [-0.3, -0.25) is 4.79 Å². The van der Waals surface area contributed by atoms with E-state index in [0.29, 0.717) is 12.6 Å². The molecule has 0 aliphatic heterocycles. The van der Waals surface area contributed by atoms with Crippen LogP contribution in [0.25, 0.3) is 0 Å². The third-order valence-electron chi connectivity index (χ3n) is 3.05. The zero-order valence-corrected chi connectivity index (χ0v) is 14.2. The second-order valence-electron chi connectivity index (χ2n) is 5.53. The average molecular weight is 305 g/mol. The molecule has 0 unspecified atom stereocenters. The summed E-state index contributed by atoms with van der Waals surface area (Å²) >= 11 is 0. The lowest BCUT2D eigenvalue weighted by atomic mass is 10.2. The first-order chi connectivity index (χ1) is 10.5. The molecule has 1 rings (SSSR count). The zero-order chi connectivity index (χ0) is 16.5. The molecule has 0 aliphatic rings. The highest BCUT2D eigenvalue weighted by molar-refractivity contribution is 5.95. The summed E-state index contributed by atoms with van der Waals surface area (Å²) in [5.41, 5.74) is 0.941. The quantitative estimate of drug-likeness (QED) is 0.498. The molecule has 1 aromatic carbocycles. The molecule has 5 nitrogen and oxygen atoms in total. The third kappa shape index (κ3) is 5.76. The van der Waals surface area contributed by atoms with E-state index in [4.69, 9.17) is 4.74 Å². The van der Waals surface area contributed by atoms with Crippen LogP contribution in [0.1, 0.15) is 34.6 Å². The van der Waals surface area contributed by atoms with Crippen LogP contribution in [0.5, 0.6) is 0 Å². The van der Waals surface area contributed by atoms with Crippen LogP contribution in [0.2, 0.25) is 0 Å². The van der Waals surface area contributed by atoms with E-state index >= 15 is 0 Å². The minimum Gasteiger partial charge on any atom is -0.465 e. The molecule has 0 bridgehead atoms. The van der Waals surface area contributed by atoms with Crippen molar-refractivity contribution in [2.75, 3.05) is 18.5 Å². The number of para-hydroxylation sites is 1. The van der Waals surface area contributed by atoms with Gasteiger partial charge in [-0.05, 0) is 46.8 Å². The largest absolute Gasteiger partial charge is 0.465 e. The number of esters is 1. The van der Waals surface area contributed by atoms with Crippen molar-refractivity contribution in [1.29, 1.82) is 0 Å². The van der Waals surface area contributed by atoms with E-state index < -0.39 is 0 Å². The van der Waals surface area contributed by atoms with Gasteiger partial charge in [-0.2, -0.15) is 0 Å². The third-order valence-corrected chi connectivity index (χ3v) is 3.05. The first-order valence-corrected chi connectivity index (χ1v) is 7.76. The molecule has 0 atom stereocenters. The van der Waals surface area contributed by atoms with E-state index in [-0.39, 0.29) is 24.6 Å². The maximum atomic E-state index is 11.6. The Morgan fingerprint density at radius 2 is 1.77 bits per heavy atom. The van der Waals surface area contributed by atoms with Crippen LogP contribution >= 0.6 is 0 Å². The molecule has 0 saturated carbocycles. The van der Waals surface area contributed by atoms with Gasteiger partial charge in [0.2, 0.25) is 0 Å². The lowest BCUT2D eigenvalue weighted by molar-refractivity contribution is -0.141. The van der Waals surface area contributed by atoms with Crippen molar-refractivity contribution in [3.05, 3.63) is 30.3 Å². The number of carbonyl (C=O) groups is 1. The van der Waals surface area contributed by atoms with Gasteiger partial charge in [-0.25, -0.2) is 4.99 Å². The topological polar surface area (TPSA) is 53.9 Å². The Morgan fingerprint density at radius 1 is 1.18 bits per heavy atom. The fraction of sp³-hybridized carbons (Fsp3) is 0.529. The normalized spacial score (nSPS) is 11.7. The Labute approximate surface area is 133 Å². The molecule has 5 heteroatoms. The number of benzene rings is 1. The first-order valence-electron chi connectivity index (χ1n) is 7.76. The molecule has 1 aromatic rings. The highest BCUT2D eigenvalue weighted by atomic mass is 16.5. The Bertz CT molecular complexity index is 476. The van der Waals surface area contributed by atoms with Gasteiger partial charge in [0.15, 0.2) is 5.96 Å². The Morgan fingerprint density at radius 3 is 2.27 bits per heavy atom. The molecule has 0 saturated heterocycles. The van der Waals surface area contributed by atoms with Crippen LogP contribution in [0, 0.1) is 0 Å². The predicted molar refractivity (Wildman–Crippen MR) is 91.1 cm³/mol. The second-order valence-corrected chi connectivity index (χ2v) is 5.53. The summed E-state index contributed by atoms with van der Waals surface area (Å²) in [6.45, 7) is 10.6. The molecular weight excluding hydrogens is 278 g/mol. The highest BCUT2D eigenvalue weighted by Gasteiger charge is 2.19. The molecule has 0 fully saturated rings. The number of hydrogen-bond donors (Lipinski definition) is 1. The second kappa shape index (κ2) is 9.07. The summed E-state index contributed by atoms with van der Waals surface area (Å²) in [5.74, 6) is 0.367. The van der Waals surface area contributed by atoms with Crippen LogP contribution in [0.15, 0.2) is 35.3 Å². The zero-order valence-electron chi connectivity index (χ0n) is 14.2. The van der Waals surface area contributed by atoms with Crippen molar-refractivity contribution in [3.8, 4) is 0 Å². The standard InChI is InChI=1S/C17H27N3O2/c1-6-22-16(21)12-18-17(20(13(2)3)14(4)5)19-15-10-8-7-9-11-15/h7-11,13-14H,6,12H2,1-5H3,(H,18,19). The van der Waals surface area contributed by atoms with E-state index in [1.807, 2.05) is 30.3 Å². The number of nitrogens with zero attached hydrogens (tertiary/aromatic N) is 2. The van der Waals surface area contributed by atoms with Crippen molar-refractivity contribution in [2.45, 2.75) is 46.7 Å². The van der Waals surface area contributed by atoms with Gasteiger partial charge in [0.1, 0.15) is 6.54 Å². The maximum absolute atomic E-state index is 11.6. The van der Waals surface area contributed by atoms with Gasteiger partial charge >= 0.3 is 5.97 Å². The summed E-state index contributed by atoms with van der Waals surface area (Å²) in [6.07, 6.45) is 0. The molecule has 0 amide bonds. The van der Waals surface area contributed by atoms with E-state index in [0.717, 1.165) is 5.69 Å². The molecule has 1 N–H and O–H groups in total. The summed E-state index contributed by atoms with van der Waals surface area (Å²) in [7, 11) is 0. The average Bonchev–Trinajstić information content (AvgIpc) is 2.45. The number of guanidine groups is 1. The van der Waals surface area contributed by atoms with Crippen molar-refractivity contribution >= 4 is 17.6 Å². The number of rotatable bonds is 6. The minimum absolute atomic E-state index is 0.0128. The molecular formula is C17H27N3O2. The molecule has 122 valence electrons. The van der Waals surface area contributed by atoms with E-state index in [1.165, 1.54) is 0 Å². The number of carbonyl (C=O) groups excluding carboxylic acids is 1. The summed E-state index contributed by atoms with van der Waals surface area (Å²) in [5, 5.41) is 3.31. The molecule has 0 aromatic heterocycles. The monoisotopic (exact) mass is 305 g/mol. The lowest BCUT2D eigenvalue weighted by Crippen LogP contribution is -2.46. The van der Waals surface area contributed by atoms with Gasteiger partial charge in [-0.1, -0.05) is 18.2 Å². The Hall–Kier alpha value is -2.04. The number of nitrogens with one attached hydrogen (secondary N) is 1. The molecule has 0 radical (unpaired) electrons. The summed E-state index contributed by atoms with van der Waals surface area (Å²) < 4.78 is 4.95. The highest BCUT2D eigenvalue weighted by Crippen LogP contribution is 2.11. The fourth-order valence-electron chi connectivity index (χ4n) is 2.27. The number of anilines is 1. The summed E-state index contributed by atoms with van der Waals surface area (Å²) in [4.78, 5) is 18.2. The van der Waals surface area contributed by atoms with Crippen LogP contribution in [0.4, 0.5) is 5.69 Å². The SMILES string of the molecule is CCOC(=O)CN=C(Nc1ccccc1)N(C(C)C)C(C)C. The van der Waals surface area contributed by atoms with Crippen molar-refractivity contribution in [3.63, 3.8) is 0 Å². The van der Waals surface area contributed by atoms with Crippen LogP contribution in [-0.2, 0) is 9.53 Å². The van der Waals surface area contributed by atoms with Gasteiger partial charge < -0.3 is 15.0 Å². The fourth-order valence-corrected chi connectivity index (χ4v) is 2.27. The van der Waals surface area contributed by atoms with Crippen LogP contribution in [-0.4, -0.2) is 42.1 Å². The molecule has 0 aliphatic carbocycles. The van der Waals surface area contributed by atoms with Crippen molar-refractivity contribution in [1.82, 2.24) is 4.90 Å². The number of ether oxygens (including phenoxy) is 1. The smallest absolute Gasteiger partial charge is 0.327 e. The molecule has 0 spiro atoms.